The molecule has 42 heavy (non-hydrogen) atoms. The Labute approximate surface area is 253 Å². The molecule has 3 saturated heterocycles. The molecule has 6 rings (SSSR count). The van der Waals surface area contributed by atoms with E-state index in [1.54, 1.807) is 6.07 Å². The Balaban J connectivity index is 1.62. The van der Waals surface area contributed by atoms with Crippen LogP contribution in [0.4, 0.5) is 0 Å². The number of rotatable bonds is 8. The maximum atomic E-state index is 14.1. The normalized spacial score (nSPS) is 38.6. The second-order valence-corrected chi connectivity index (χ2v) is 14.8. The van der Waals surface area contributed by atoms with E-state index >= 15 is 0 Å². The summed E-state index contributed by atoms with van der Waals surface area (Å²) < 4.78 is 45.4. The van der Waals surface area contributed by atoms with Gasteiger partial charge in [-0.25, -0.2) is 13.2 Å². The maximum Gasteiger partial charge on any atom is 0.367 e. The predicted molar refractivity (Wildman–Crippen MR) is 155 cm³/mol. The smallest absolute Gasteiger partial charge is 0.367 e. The quantitative estimate of drug-likeness (QED) is 0.326. The van der Waals surface area contributed by atoms with Gasteiger partial charge in [0.2, 0.25) is 6.29 Å². The number of benzene rings is 2. The van der Waals surface area contributed by atoms with Gasteiger partial charge in [0.05, 0.1) is 21.2 Å². The third kappa shape index (κ3) is 4.36. The molecule has 4 aliphatic heterocycles. The number of fused-ring (bicyclic) bond motifs is 3. The summed E-state index contributed by atoms with van der Waals surface area (Å²) >= 11 is 3.46. The average molecular weight is 670 g/mol. The van der Waals surface area contributed by atoms with Gasteiger partial charge in [0.1, 0.15) is 17.5 Å². The Morgan fingerprint density at radius 1 is 1.12 bits per heavy atom. The van der Waals surface area contributed by atoms with Gasteiger partial charge < -0.3 is 29.9 Å². The Kier molecular flexibility index (Phi) is 7.87. The first kappa shape index (κ1) is 31.4. The van der Waals surface area contributed by atoms with Crippen molar-refractivity contribution < 1.29 is 47.8 Å². The van der Waals surface area contributed by atoms with E-state index in [1.165, 1.54) is 19.9 Å². The molecule has 230 valence electrons. The van der Waals surface area contributed by atoms with E-state index in [0.717, 1.165) is 18.4 Å². The van der Waals surface area contributed by atoms with Crippen LogP contribution in [-0.4, -0.2) is 76.1 Å². The zero-order valence-electron chi connectivity index (χ0n) is 23.9. The number of hydrogen-bond donors (Lipinski definition) is 4. The molecular weight excluding hydrogens is 632 g/mol. The molecule has 0 aromatic heterocycles. The third-order valence-corrected chi connectivity index (χ3v) is 12.2. The summed E-state index contributed by atoms with van der Waals surface area (Å²) in [4.78, 5) is 12.0. The Bertz CT molecular complexity index is 1480. The number of aliphatic carboxylic acids is 1. The summed E-state index contributed by atoms with van der Waals surface area (Å²) in [5.74, 6) is -5.04. The number of ether oxygens (including phenoxy) is 3. The lowest BCUT2D eigenvalue weighted by Crippen LogP contribution is -2.91. The summed E-state index contributed by atoms with van der Waals surface area (Å²) in [6.07, 6.45) is -1.67. The molecule has 0 spiro atoms. The first-order chi connectivity index (χ1) is 19.6. The summed E-state index contributed by atoms with van der Waals surface area (Å²) in [5.41, 5.74) is -3.56. The van der Waals surface area contributed by atoms with Crippen LogP contribution in [0, 0.1) is 5.41 Å². The van der Waals surface area contributed by atoms with Crippen LogP contribution in [0.3, 0.4) is 0 Å². The van der Waals surface area contributed by atoms with Gasteiger partial charge in [-0.1, -0.05) is 57.0 Å². The number of sulfone groups is 1. The van der Waals surface area contributed by atoms with Crippen molar-refractivity contribution in [3.8, 4) is 5.75 Å². The highest BCUT2D eigenvalue weighted by Crippen LogP contribution is 2.59. The highest BCUT2D eigenvalue weighted by atomic mass is 79.9. The largest absolute Gasteiger partial charge is 0.477 e. The van der Waals surface area contributed by atoms with E-state index in [4.69, 9.17) is 14.2 Å². The fourth-order valence-corrected chi connectivity index (χ4v) is 9.46. The molecule has 0 radical (unpaired) electrons. The summed E-state index contributed by atoms with van der Waals surface area (Å²) in [7, 11) is -3.98. The Morgan fingerprint density at radius 3 is 2.36 bits per heavy atom. The summed E-state index contributed by atoms with van der Waals surface area (Å²) in [5, 5.41) is 43.7. The molecule has 3 fully saturated rings. The van der Waals surface area contributed by atoms with E-state index in [-0.39, 0.29) is 16.4 Å². The fourth-order valence-electron chi connectivity index (χ4n) is 6.75. The summed E-state index contributed by atoms with van der Waals surface area (Å²) in [6, 6.07) is 12.2. The number of carboxylic acid groups (broad SMARTS) is 1. The summed E-state index contributed by atoms with van der Waals surface area (Å²) in [6.45, 7) is 6.47. The van der Waals surface area contributed by atoms with Crippen molar-refractivity contribution in [2.45, 2.75) is 99.7 Å². The molecule has 4 unspecified atom stereocenters. The van der Waals surface area contributed by atoms with E-state index in [2.05, 4.69) is 15.9 Å². The minimum Gasteiger partial charge on any atom is -0.477 e. The zero-order valence-corrected chi connectivity index (χ0v) is 26.3. The van der Waals surface area contributed by atoms with Crippen LogP contribution in [0.2, 0.25) is 0 Å². The van der Waals surface area contributed by atoms with Crippen LogP contribution in [-0.2, 0) is 24.1 Å². The maximum absolute atomic E-state index is 14.1. The number of halogens is 1. The monoisotopic (exact) mass is 668 g/mol. The van der Waals surface area contributed by atoms with Crippen LogP contribution in [0.1, 0.15) is 70.4 Å². The molecule has 2 aromatic carbocycles. The first-order valence-corrected chi connectivity index (χ1v) is 16.5. The Hall–Kier alpha value is -2.06. The zero-order chi connectivity index (χ0) is 30.9. The third-order valence-electron chi connectivity index (χ3n) is 9.64. The second kappa shape index (κ2) is 10.5. The fraction of sp³-hybridized carbons (Fsp3) is 0.567. The molecule has 4 N–H and O–H groups in total. The SMILES string of the molecule is CCCC[C@]1(CC)CS(=O)(=O)c2cc(OC3OC4(C(=O)O)OC(C)(C3O)[C@]4(C)O)c(Br)cc2[C@@H](c2ccccc2)[C@H]1O. The van der Waals surface area contributed by atoms with Crippen LogP contribution < -0.4 is 4.74 Å². The lowest BCUT2D eigenvalue weighted by atomic mass is 9.66. The highest BCUT2D eigenvalue weighted by molar-refractivity contribution is 9.10. The lowest BCUT2D eigenvalue weighted by molar-refractivity contribution is -0.537. The van der Waals surface area contributed by atoms with Crippen LogP contribution in [0.15, 0.2) is 51.8 Å². The molecule has 4 aliphatic rings. The number of carboxylic acids is 1. The van der Waals surface area contributed by atoms with Crippen molar-refractivity contribution in [3.05, 3.63) is 58.1 Å². The number of hydrogen-bond acceptors (Lipinski definition) is 9. The van der Waals surface area contributed by atoms with Crippen molar-refractivity contribution in [1.82, 2.24) is 0 Å². The highest BCUT2D eigenvalue weighted by Gasteiger charge is 2.84. The van der Waals surface area contributed by atoms with Crippen molar-refractivity contribution in [2.24, 2.45) is 5.41 Å². The Morgan fingerprint density at radius 2 is 1.79 bits per heavy atom. The van der Waals surface area contributed by atoms with Crippen molar-refractivity contribution in [2.75, 3.05) is 5.75 Å². The topological polar surface area (TPSA) is 160 Å². The van der Waals surface area contributed by atoms with Gasteiger partial charge in [-0.05, 0) is 59.8 Å². The number of carbonyl (C=O) groups is 1. The van der Waals surface area contributed by atoms with Gasteiger partial charge in [-0.3, -0.25) is 4.74 Å². The van der Waals surface area contributed by atoms with E-state index in [0.29, 0.717) is 22.9 Å². The van der Waals surface area contributed by atoms with E-state index in [9.17, 15) is 33.6 Å². The van der Waals surface area contributed by atoms with Crippen molar-refractivity contribution >= 4 is 31.7 Å². The first-order valence-electron chi connectivity index (χ1n) is 14.1. The van der Waals surface area contributed by atoms with Gasteiger partial charge in [-0.15, -0.1) is 0 Å². The molecule has 2 aromatic rings. The standard InChI is InChI=1S/C30H37BrO10S/c1-5-7-13-29(6-2)16-42(37,38)21-15-20(19(31)14-18(21)22(23(29)32)17-11-9-8-10-12-17)39-25-24(33)27(3)28(4,36)30(40-25,41-27)26(34)35/h8-12,14-15,22-25,32-33,36H,5-7,13,16H2,1-4H3,(H,34,35)/t22-,23-,24?,25?,27?,28+,29-,30?/m1/s1. The molecule has 4 heterocycles. The predicted octanol–water partition coefficient (Wildman–Crippen LogP) is 3.73. The number of aliphatic hydroxyl groups excluding tert-OH is 2. The van der Waals surface area contributed by atoms with Gasteiger partial charge in [0.15, 0.2) is 15.4 Å². The minimum absolute atomic E-state index is 0.0229. The van der Waals surface area contributed by atoms with Crippen LogP contribution in [0.5, 0.6) is 5.75 Å². The average Bonchev–Trinajstić information content (AvgIpc) is 3.00. The molecular formula is C30H37BrO10S. The van der Waals surface area contributed by atoms with Crippen molar-refractivity contribution in [1.29, 1.82) is 0 Å². The van der Waals surface area contributed by atoms with Crippen molar-refractivity contribution in [3.63, 3.8) is 0 Å². The van der Waals surface area contributed by atoms with Crippen LogP contribution >= 0.6 is 15.9 Å². The van der Waals surface area contributed by atoms with Gasteiger partial charge in [-0.2, -0.15) is 0 Å². The molecule has 12 heteroatoms. The van der Waals surface area contributed by atoms with Gasteiger partial charge in [0.25, 0.3) is 0 Å². The van der Waals surface area contributed by atoms with E-state index < -0.39 is 62.6 Å². The van der Waals surface area contributed by atoms with E-state index in [1.807, 2.05) is 44.2 Å². The van der Waals surface area contributed by atoms with Gasteiger partial charge >= 0.3 is 11.8 Å². The molecule has 0 saturated carbocycles. The lowest BCUT2D eigenvalue weighted by Gasteiger charge is -2.67. The molecule has 0 amide bonds. The second-order valence-electron chi connectivity index (χ2n) is 12.0. The molecule has 0 aliphatic carbocycles. The number of aliphatic hydroxyl groups is 3. The minimum atomic E-state index is -3.98. The van der Waals surface area contributed by atoms with Crippen LogP contribution in [0.25, 0.3) is 0 Å². The molecule has 2 bridgehead atoms. The molecule has 10 nitrogen and oxygen atoms in total. The number of unbranched alkanes of at least 4 members (excludes halogenated alkanes) is 1. The molecule has 8 atom stereocenters. The van der Waals surface area contributed by atoms with Gasteiger partial charge in [0, 0.05) is 17.4 Å².